The van der Waals surface area contributed by atoms with E-state index in [2.05, 4.69) is 19.2 Å². The van der Waals surface area contributed by atoms with Gasteiger partial charge in [-0.25, -0.2) is 0 Å². The van der Waals surface area contributed by atoms with Gasteiger partial charge in [-0.15, -0.1) is 0 Å². The van der Waals surface area contributed by atoms with E-state index < -0.39 is 0 Å². The van der Waals surface area contributed by atoms with Gasteiger partial charge in [0.1, 0.15) is 0 Å². The lowest BCUT2D eigenvalue weighted by atomic mass is 10.0. The highest BCUT2D eigenvalue weighted by Gasteiger charge is 2.35. The molecule has 1 saturated heterocycles. The zero-order valence-electron chi connectivity index (χ0n) is 12.5. The molecule has 0 aromatic carbocycles. The molecule has 0 bridgehead atoms. The van der Waals surface area contributed by atoms with Gasteiger partial charge in [0.25, 0.3) is 0 Å². The number of rotatable bonds is 5. The van der Waals surface area contributed by atoms with Crippen molar-refractivity contribution >= 4 is 11.8 Å². The SMILES string of the molecule is CC(C)CN1CC(C(=O)NCC2CCCC2O)CC1=O. The first-order chi connectivity index (χ1) is 9.47. The van der Waals surface area contributed by atoms with Crippen LogP contribution in [0.2, 0.25) is 0 Å². The summed E-state index contributed by atoms with van der Waals surface area (Å²) in [5, 5.41) is 12.7. The van der Waals surface area contributed by atoms with Gasteiger partial charge in [-0.05, 0) is 18.8 Å². The second kappa shape index (κ2) is 6.57. The number of nitrogens with one attached hydrogen (secondary N) is 1. The topological polar surface area (TPSA) is 69.6 Å². The van der Waals surface area contributed by atoms with Crippen molar-refractivity contribution in [3.63, 3.8) is 0 Å². The van der Waals surface area contributed by atoms with Gasteiger partial charge in [0.2, 0.25) is 11.8 Å². The summed E-state index contributed by atoms with van der Waals surface area (Å²) >= 11 is 0. The second-order valence-corrected chi connectivity index (χ2v) is 6.60. The predicted octanol–water partition coefficient (Wildman–Crippen LogP) is 0.768. The molecule has 1 heterocycles. The largest absolute Gasteiger partial charge is 0.393 e. The summed E-state index contributed by atoms with van der Waals surface area (Å²) in [5.41, 5.74) is 0. The molecule has 1 aliphatic heterocycles. The number of amides is 2. The maximum Gasteiger partial charge on any atom is 0.225 e. The van der Waals surface area contributed by atoms with E-state index in [-0.39, 0.29) is 29.8 Å². The standard InChI is InChI=1S/C15H26N2O3/c1-10(2)8-17-9-12(6-14(17)19)15(20)16-7-11-4-3-5-13(11)18/h10-13,18H,3-9H2,1-2H3,(H,16,20). The fraction of sp³-hybridized carbons (Fsp3) is 0.867. The number of hydrogen-bond acceptors (Lipinski definition) is 3. The van der Waals surface area contributed by atoms with Crippen LogP contribution < -0.4 is 5.32 Å². The minimum absolute atomic E-state index is 0.0382. The van der Waals surface area contributed by atoms with Crippen molar-refractivity contribution in [1.29, 1.82) is 0 Å². The van der Waals surface area contributed by atoms with Crippen LogP contribution in [0.1, 0.15) is 39.5 Å². The maximum absolute atomic E-state index is 12.1. The van der Waals surface area contributed by atoms with Crippen molar-refractivity contribution in [2.24, 2.45) is 17.8 Å². The van der Waals surface area contributed by atoms with Gasteiger partial charge in [0.15, 0.2) is 0 Å². The Balaban J connectivity index is 1.77. The van der Waals surface area contributed by atoms with Gasteiger partial charge in [0, 0.05) is 32.0 Å². The van der Waals surface area contributed by atoms with E-state index in [0.717, 1.165) is 25.8 Å². The average Bonchev–Trinajstić information content (AvgIpc) is 2.93. The Morgan fingerprint density at radius 1 is 1.45 bits per heavy atom. The highest BCUT2D eigenvalue weighted by Crippen LogP contribution is 2.25. The van der Waals surface area contributed by atoms with E-state index in [4.69, 9.17) is 0 Å². The average molecular weight is 282 g/mol. The Bertz CT molecular complexity index is 370. The summed E-state index contributed by atoms with van der Waals surface area (Å²) in [4.78, 5) is 25.7. The van der Waals surface area contributed by atoms with Crippen LogP contribution in [-0.4, -0.2) is 47.6 Å². The Hall–Kier alpha value is -1.10. The number of aliphatic hydroxyl groups is 1. The third-order valence-corrected chi connectivity index (χ3v) is 4.33. The molecular formula is C15H26N2O3. The highest BCUT2D eigenvalue weighted by molar-refractivity contribution is 5.89. The van der Waals surface area contributed by atoms with Crippen LogP contribution in [0.4, 0.5) is 0 Å². The van der Waals surface area contributed by atoms with Crippen molar-refractivity contribution < 1.29 is 14.7 Å². The van der Waals surface area contributed by atoms with Crippen LogP contribution in [-0.2, 0) is 9.59 Å². The number of carbonyl (C=O) groups excluding carboxylic acids is 2. The van der Waals surface area contributed by atoms with E-state index in [1.54, 1.807) is 4.90 Å². The predicted molar refractivity (Wildman–Crippen MR) is 75.9 cm³/mol. The molecule has 0 spiro atoms. The van der Waals surface area contributed by atoms with Gasteiger partial charge in [-0.1, -0.05) is 20.3 Å². The maximum atomic E-state index is 12.1. The first-order valence-corrected chi connectivity index (χ1v) is 7.71. The molecule has 1 saturated carbocycles. The van der Waals surface area contributed by atoms with E-state index in [1.807, 2.05) is 0 Å². The van der Waals surface area contributed by atoms with E-state index in [1.165, 1.54) is 0 Å². The number of nitrogens with zero attached hydrogens (tertiary/aromatic N) is 1. The minimum atomic E-state index is -0.280. The number of carbonyl (C=O) groups is 2. The highest BCUT2D eigenvalue weighted by atomic mass is 16.3. The zero-order chi connectivity index (χ0) is 14.7. The van der Waals surface area contributed by atoms with Gasteiger partial charge >= 0.3 is 0 Å². The molecular weight excluding hydrogens is 256 g/mol. The third-order valence-electron chi connectivity index (χ3n) is 4.33. The summed E-state index contributed by atoms with van der Waals surface area (Å²) in [5.74, 6) is 0.431. The number of aliphatic hydroxyl groups excluding tert-OH is 1. The van der Waals surface area contributed by atoms with Gasteiger partial charge in [-0.3, -0.25) is 9.59 Å². The van der Waals surface area contributed by atoms with Gasteiger partial charge in [0.05, 0.1) is 12.0 Å². The molecule has 5 heteroatoms. The molecule has 114 valence electrons. The molecule has 0 radical (unpaired) electrons. The summed E-state index contributed by atoms with van der Waals surface area (Å²) < 4.78 is 0. The molecule has 1 aliphatic carbocycles. The van der Waals surface area contributed by atoms with Crippen LogP contribution in [0.25, 0.3) is 0 Å². The molecule has 3 atom stereocenters. The molecule has 5 nitrogen and oxygen atoms in total. The lowest BCUT2D eigenvalue weighted by molar-refractivity contribution is -0.129. The van der Waals surface area contributed by atoms with Crippen LogP contribution >= 0.6 is 0 Å². The van der Waals surface area contributed by atoms with Crippen LogP contribution in [0, 0.1) is 17.8 Å². The molecule has 0 aromatic heterocycles. The number of hydrogen-bond donors (Lipinski definition) is 2. The smallest absolute Gasteiger partial charge is 0.225 e. The molecule has 2 N–H and O–H groups in total. The monoisotopic (exact) mass is 282 g/mol. The zero-order valence-corrected chi connectivity index (χ0v) is 12.5. The Morgan fingerprint density at radius 2 is 2.20 bits per heavy atom. The van der Waals surface area contributed by atoms with E-state index >= 15 is 0 Å². The quantitative estimate of drug-likeness (QED) is 0.782. The first kappa shape index (κ1) is 15.3. The molecule has 2 aliphatic rings. The van der Waals surface area contributed by atoms with Crippen LogP contribution in [0.15, 0.2) is 0 Å². The van der Waals surface area contributed by atoms with Gasteiger partial charge < -0.3 is 15.3 Å². The Labute approximate surface area is 120 Å². The molecule has 20 heavy (non-hydrogen) atoms. The van der Waals surface area contributed by atoms with Crippen LogP contribution in [0.3, 0.4) is 0 Å². The normalized spacial score (nSPS) is 30.3. The lowest BCUT2D eigenvalue weighted by Crippen LogP contribution is -2.37. The summed E-state index contributed by atoms with van der Waals surface area (Å²) in [7, 11) is 0. The van der Waals surface area contributed by atoms with Crippen molar-refractivity contribution in [3.8, 4) is 0 Å². The fourth-order valence-corrected chi connectivity index (χ4v) is 3.20. The number of likely N-dealkylation sites (tertiary alicyclic amines) is 1. The minimum Gasteiger partial charge on any atom is -0.393 e. The van der Waals surface area contributed by atoms with Crippen molar-refractivity contribution in [1.82, 2.24) is 10.2 Å². The Morgan fingerprint density at radius 3 is 2.80 bits per heavy atom. The third kappa shape index (κ3) is 3.72. The summed E-state index contributed by atoms with van der Waals surface area (Å²) in [6, 6.07) is 0. The molecule has 2 fully saturated rings. The van der Waals surface area contributed by atoms with Gasteiger partial charge in [-0.2, -0.15) is 0 Å². The molecule has 2 amide bonds. The molecule has 3 unspecified atom stereocenters. The van der Waals surface area contributed by atoms with E-state index in [9.17, 15) is 14.7 Å². The molecule has 0 aromatic rings. The first-order valence-electron chi connectivity index (χ1n) is 7.71. The van der Waals surface area contributed by atoms with Crippen LogP contribution in [0.5, 0.6) is 0 Å². The molecule has 2 rings (SSSR count). The van der Waals surface area contributed by atoms with Crippen molar-refractivity contribution in [2.75, 3.05) is 19.6 Å². The Kier molecular flexibility index (Phi) is 5.02. The summed E-state index contributed by atoms with van der Waals surface area (Å²) in [6.07, 6.45) is 2.89. The second-order valence-electron chi connectivity index (χ2n) is 6.60. The summed E-state index contributed by atoms with van der Waals surface area (Å²) in [6.45, 7) is 5.94. The van der Waals surface area contributed by atoms with Crippen molar-refractivity contribution in [3.05, 3.63) is 0 Å². The van der Waals surface area contributed by atoms with Crippen molar-refractivity contribution in [2.45, 2.75) is 45.6 Å². The lowest BCUT2D eigenvalue weighted by Gasteiger charge is -2.19. The fourth-order valence-electron chi connectivity index (χ4n) is 3.20. The van der Waals surface area contributed by atoms with E-state index in [0.29, 0.717) is 25.4 Å².